The van der Waals surface area contributed by atoms with Crippen LogP contribution in [0.5, 0.6) is 0 Å². The van der Waals surface area contributed by atoms with Crippen molar-refractivity contribution in [3.05, 3.63) is 47.5 Å². The van der Waals surface area contributed by atoms with Crippen molar-refractivity contribution in [3.8, 4) is 0 Å². The predicted molar refractivity (Wildman–Crippen MR) is 109 cm³/mol. The minimum absolute atomic E-state index is 0. The third-order valence-electron chi connectivity index (χ3n) is 4.91. The summed E-state index contributed by atoms with van der Waals surface area (Å²) in [6.07, 6.45) is 4.81. The molecule has 0 saturated carbocycles. The van der Waals surface area contributed by atoms with Gasteiger partial charge >= 0.3 is 0 Å². The largest absolute Gasteiger partial charge is 0.328 e. The van der Waals surface area contributed by atoms with Gasteiger partial charge in [-0.25, -0.2) is 0 Å². The lowest BCUT2D eigenvalue weighted by Crippen LogP contribution is -2.40. The Kier molecular flexibility index (Phi) is 7.39. The van der Waals surface area contributed by atoms with Crippen LogP contribution in [0.2, 0.25) is 0 Å². The van der Waals surface area contributed by atoms with E-state index in [0.29, 0.717) is 12.2 Å². The van der Waals surface area contributed by atoms with Crippen molar-refractivity contribution in [2.24, 2.45) is 0 Å². The second-order valence-corrected chi connectivity index (χ2v) is 8.01. The van der Waals surface area contributed by atoms with Crippen LogP contribution in [0.25, 0.3) is 0 Å². The zero-order valence-corrected chi connectivity index (χ0v) is 17.2. The topological polar surface area (TPSA) is 73.9 Å². The molecule has 1 unspecified atom stereocenters. The van der Waals surface area contributed by atoms with E-state index in [2.05, 4.69) is 41.3 Å². The number of rotatable bonds is 4. The van der Waals surface area contributed by atoms with Gasteiger partial charge in [-0.3, -0.25) is 14.9 Å². The first-order valence-electron chi connectivity index (χ1n) is 9.42. The molecule has 27 heavy (non-hydrogen) atoms. The number of aromatic nitrogens is 3. The fraction of sp³-hybridized carbons (Fsp3) is 0.550. The van der Waals surface area contributed by atoms with E-state index < -0.39 is 0 Å². The van der Waals surface area contributed by atoms with Gasteiger partial charge in [0.2, 0.25) is 0 Å². The molecule has 0 aliphatic carbocycles. The number of nitrogens with zero attached hydrogens (tertiary/aromatic N) is 3. The van der Waals surface area contributed by atoms with Crippen LogP contribution in [0.15, 0.2) is 30.5 Å². The number of H-pyrrole nitrogens is 1. The molecule has 3 heterocycles. The molecule has 1 fully saturated rings. The highest BCUT2D eigenvalue weighted by Crippen LogP contribution is 2.23. The van der Waals surface area contributed by atoms with E-state index in [1.165, 1.54) is 0 Å². The number of pyridine rings is 1. The standard InChI is InChI=1S/C20H29N5O.ClH/c1-20(2,3)18-13-17(23-24-18)19(26)25(14-15-7-4-5-11-22-15)16-8-6-10-21-12-9-16;/h4-5,7,11,13,16,21H,6,8-10,12,14H2,1-3H3,(H,23,24);1H. The predicted octanol–water partition coefficient (Wildman–Crippen LogP) is 3.31. The first-order chi connectivity index (χ1) is 12.4. The summed E-state index contributed by atoms with van der Waals surface area (Å²) in [6, 6.07) is 7.93. The third-order valence-corrected chi connectivity index (χ3v) is 4.91. The van der Waals surface area contributed by atoms with Gasteiger partial charge in [-0.2, -0.15) is 5.10 Å². The Morgan fingerprint density at radius 1 is 1.26 bits per heavy atom. The summed E-state index contributed by atoms with van der Waals surface area (Å²) in [5.74, 6) is -0.0192. The number of hydrogen-bond acceptors (Lipinski definition) is 4. The molecule has 0 bridgehead atoms. The van der Waals surface area contributed by atoms with Gasteiger partial charge in [0.15, 0.2) is 0 Å². The van der Waals surface area contributed by atoms with E-state index in [-0.39, 0.29) is 29.8 Å². The second kappa shape index (κ2) is 9.33. The summed E-state index contributed by atoms with van der Waals surface area (Å²) >= 11 is 0. The Bertz CT molecular complexity index is 717. The molecule has 0 aromatic carbocycles. The first kappa shape index (κ1) is 21.4. The highest BCUT2D eigenvalue weighted by Gasteiger charge is 2.28. The molecular weight excluding hydrogens is 362 g/mol. The number of halogens is 1. The van der Waals surface area contributed by atoms with Crippen LogP contribution in [0.1, 0.15) is 61.9 Å². The van der Waals surface area contributed by atoms with E-state index in [1.54, 1.807) is 6.20 Å². The Balaban J connectivity index is 0.00000261. The van der Waals surface area contributed by atoms with E-state index >= 15 is 0 Å². The molecule has 2 N–H and O–H groups in total. The van der Waals surface area contributed by atoms with Crippen LogP contribution < -0.4 is 5.32 Å². The van der Waals surface area contributed by atoms with E-state index in [9.17, 15) is 4.79 Å². The zero-order chi connectivity index (χ0) is 18.6. The molecule has 1 saturated heterocycles. The highest BCUT2D eigenvalue weighted by molar-refractivity contribution is 5.92. The van der Waals surface area contributed by atoms with Crippen molar-refractivity contribution in [2.45, 2.75) is 58.0 Å². The van der Waals surface area contributed by atoms with Crippen molar-refractivity contribution in [1.29, 1.82) is 0 Å². The molecular formula is C20H30ClN5O. The van der Waals surface area contributed by atoms with Crippen molar-refractivity contribution in [3.63, 3.8) is 0 Å². The molecule has 2 aromatic heterocycles. The SMILES string of the molecule is CC(C)(C)c1cc(C(=O)N(Cc2ccccn2)C2CCCNCC2)n[nH]1.Cl. The second-order valence-electron chi connectivity index (χ2n) is 8.01. The summed E-state index contributed by atoms with van der Waals surface area (Å²) in [5, 5.41) is 10.8. The quantitative estimate of drug-likeness (QED) is 0.838. The van der Waals surface area contributed by atoms with Crippen molar-refractivity contribution >= 4 is 18.3 Å². The summed E-state index contributed by atoms with van der Waals surface area (Å²) in [7, 11) is 0. The van der Waals surface area contributed by atoms with Crippen LogP contribution in [0, 0.1) is 0 Å². The Labute approximate surface area is 167 Å². The minimum atomic E-state index is -0.0659. The number of nitrogens with one attached hydrogen (secondary N) is 2. The van der Waals surface area contributed by atoms with Gasteiger partial charge in [0.05, 0.1) is 12.2 Å². The van der Waals surface area contributed by atoms with Gasteiger partial charge in [-0.05, 0) is 50.6 Å². The monoisotopic (exact) mass is 391 g/mol. The average molecular weight is 392 g/mol. The van der Waals surface area contributed by atoms with E-state index in [1.807, 2.05) is 29.2 Å². The minimum Gasteiger partial charge on any atom is -0.328 e. The maximum absolute atomic E-state index is 13.3. The highest BCUT2D eigenvalue weighted by atomic mass is 35.5. The summed E-state index contributed by atoms with van der Waals surface area (Å²) in [6.45, 7) is 8.79. The lowest BCUT2D eigenvalue weighted by Gasteiger charge is -2.30. The summed E-state index contributed by atoms with van der Waals surface area (Å²) < 4.78 is 0. The number of amides is 1. The lowest BCUT2D eigenvalue weighted by molar-refractivity contribution is 0.0636. The fourth-order valence-electron chi connectivity index (χ4n) is 3.31. The number of hydrogen-bond donors (Lipinski definition) is 2. The molecule has 0 spiro atoms. The van der Waals surface area contributed by atoms with Crippen molar-refractivity contribution < 1.29 is 4.79 Å². The average Bonchev–Trinajstić information content (AvgIpc) is 2.98. The third kappa shape index (κ3) is 5.53. The Morgan fingerprint density at radius 3 is 2.74 bits per heavy atom. The maximum atomic E-state index is 13.3. The molecule has 6 nitrogen and oxygen atoms in total. The lowest BCUT2D eigenvalue weighted by atomic mass is 9.92. The van der Waals surface area contributed by atoms with Crippen LogP contribution in [-0.4, -0.2) is 45.1 Å². The van der Waals surface area contributed by atoms with Gasteiger partial charge in [0.25, 0.3) is 5.91 Å². The summed E-state index contributed by atoms with van der Waals surface area (Å²) in [5.41, 5.74) is 2.30. The van der Waals surface area contributed by atoms with Gasteiger partial charge in [-0.15, -0.1) is 12.4 Å². The zero-order valence-electron chi connectivity index (χ0n) is 16.4. The molecule has 1 aliphatic rings. The molecule has 1 aliphatic heterocycles. The molecule has 0 radical (unpaired) electrons. The smallest absolute Gasteiger partial charge is 0.274 e. The molecule has 1 atom stereocenters. The van der Waals surface area contributed by atoms with Gasteiger partial charge in [0.1, 0.15) is 5.69 Å². The van der Waals surface area contributed by atoms with Crippen molar-refractivity contribution in [2.75, 3.05) is 13.1 Å². The van der Waals surface area contributed by atoms with Gasteiger partial charge in [0, 0.05) is 23.3 Å². The summed E-state index contributed by atoms with van der Waals surface area (Å²) in [4.78, 5) is 19.7. The maximum Gasteiger partial charge on any atom is 0.274 e. The molecule has 1 amide bonds. The molecule has 2 aromatic rings. The molecule has 3 rings (SSSR count). The van der Waals surface area contributed by atoms with Crippen molar-refractivity contribution in [1.82, 2.24) is 25.4 Å². The fourth-order valence-corrected chi connectivity index (χ4v) is 3.31. The van der Waals surface area contributed by atoms with Crippen LogP contribution in [0.4, 0.5) is 0 Å². The van der Waals surface area contributed by atoms with Crippen LogP contribution in [-0.2, 0) is 12.0 Å². The first-order valence-corrected chi connectivity index (χ1v) is 9.42. The number of carbonyl (C=O) groups is 1. The van der Waals surface area contributed by atoms with Gasteiger partial charge in [-0.1, -0.05) is 26.8 Å². The normalized spacial score (nSPS) is 17.7. The number of aromatic amines is 1. The Morgan fingerprint density at radius 2 is 2.07 bits per heavy atom. The van der Waals surface area contributed by atoms with Gasteiger partial charge < -0.3 is 10.2 Å². The Hall–Kier alpha value is -1.92. The van der Waals surface area contributed by atoms with Crippen LogP contribution in [0.3, 0.4) is 0 Å². The van der Waals surface area contributed by atoms with Crippen LogP contribution >= 0.6 is 12.4 Å². The number of carbonyl (C=O) groups excluding carboxylic acids is 1. The van der Waals surface area contributed by atoms with E-state index in [4.69, 9.17) is 0 Å². The molecule has 148 valence electrons. The van der Waals surface area contributed by atoms with E-state index in [0.717, 1.165) is 43.7 Å². The molecule has 7 heteroatoms.